The van der Waals surface area contributed by atoms with Gasteiger partial charge in [0.1, 0.15) is 0 Å². The lowest BCUT2D eigenvalue weighted by Crippen LogP contribution is -2.31. The molecule has 1 atom stereocenters. The van der Waals surface area contributed by atoms with Crippen LogP contribution in [-0.4, -0.2) is 25.3 Å². The lowest BCUT2D eigenvalue weighted by atomic mass is 10.1. The van der Waals surface area contributed by atoms with Crippen LogP contribution in [0, 0.1) is 17.0 Å². The standard InChI is InChI=1S/C18H21N3O5S/c1-4-12(2)20-27(25,26)15-10-8-14(9-11-15)19-18(22)16-6-5-7-17(13(16)3)21(23)24/h5-12,20H,4H2,1-3H3,(H,19,22)/t12-/m1/s1. The number of amides is 1. The molecule has 2 N–H and O–H groups in total. The molecule has 2 aromatic rings. The third-order valence-electron chi connectivity index (χ3n) is 4.14. The summed E-state index contributed by atoms with van der Waals surface area (Å²) in [7, 11) is -3.63. The minimum Gasteiger partial charge on any atom is -0.322 e. The fourth-order valence-electron chi connectivity index (χ4n) is 2.40. The number of anilines is 1. The van der Waals surface area contributed by atoms with Crippen LogP contribution < -0.4 is 10.0 Å². The molecule has 0 aromatic heterocycles. The average Bonchev–Trinajstić information content (AvgIpc) is 2.61. The normalized spacial score (nSPS) is 12.4. The molecule has 144 valence electrons. The van der Waals surface area contributed by atoms with E-state index in [9.17, 15) is 23.3 Å². The van der Waals surface area contributed by atoms with Gasteiger partial charge in [-0.05, 0) is 50.6 Å². The molecule has 8 nitrogen and oxygen atoms in total. The summed E-state index contributed by atoms with van der Waals surface area (Å²) >= 11 is 0. The highest BCUT2D eigenvalue weighted by atomic mass is 32.2. The number of hydrogen-bond donors (Lipinski definition) is 2. The van der Waals surface area contributed by atoms with Crippen molar-refractivity contribution in [2.45, 2.75) is 38.1 Å². The van der Waals surface area contributed by atoms with E-state index in [0.717, 1.165) is 0 Å². The Morgan fingerprint density at radius 2 is 1.81 bits per heavy atom. The van der Waals surface area contributed by atoms with Crippen LogP contribution in [0.25, 0.3) is 0 Å². The van der Waals surface area contributed by atoms with Gasteiger partial charge in [-0.1, -0.05) is 13.0 Å². The molecule has 9 heteroatoms. The number of benzene rings is 2. The predicted molar refractivity (Wildman–Crippen MR) is 102 cm³/mol. The Hall–Kier alpha value is -2.78. The molecular weight excluding hydrogens is 370 g/mol. The van der Waals surface area contributed by atoms with Crippen LogP contribution in [0.5, 0.6) is 0 Å². The topological polar surface area (TPSA) is 118 Å². The summed E-state index contributed by atoms with van der Waals surface area (Å²) < 4.78 is 27.0. The molecule has 0 aliphatic carbocycles. The summed E-state index contributed by atoms with van der Waals surface area (Å²) in [6.45, 7) is 5.15. The molecular formula is C18H21N3O5S. The van der Waals surface area contributed by atoms with Crippen molar-refractivity contribution in [1.82, 2.24) is 4.72 Å². The monoisotopic (exact) mass is 391 g/mol. The van der Waals surface area contributed by atoms with E-state index in [1.54, 1.807) is 6.92 Å². The van der Waals surface area contributed by atoms with Gasteiger partial charge in [0.2, 0.25) is 10.0 Å². The maximum atomic E-state index is 12.4. The zero-order valence-corrected chi connectivity index (χ0v) is 16.0. The van der Waals surface area contributed by atoms with Crippen molar-refractivity contribution >= 4 is 27.3 Å². The van der Waals surface area contributed by atoms with Crippen molar-refractivity contribution in [2.24, 2.45) is 0 Å². The summed E-state index contributed by atoms with van der Waals surface area (Å²) in [4.78, 5) is 23.0. The third kappa shape index (κ3) is 4.89. The highest BCUT2D eigenvalue weighted by Crippen LogP contribution is 2.22. The molecule has 0 bridgehead atoms. The van der Waals surface area contributed by atoms with Crippen molar-refractivity contribution in [3.63, 3.8) is 0 Å². The van der Waals surface area contributed by atoms with E-state index in [1.807, 2.05) is 6.92 Å². The number of rotatable bonds is 7. The van der Waals surface area contributed by atoms with E-state index in [0.29, 0.717) is 12.1 Å². The van der Waals surface area contributed by atoms with Crippen molar-refractivity contribution in [2.75, 3.05) is 5.32 Å². The maximum absolute atomic E-state index is 12.4. The third-order valence-corrected chi connectivity index (χ3v) is 5.74. The van der Waals surface area contributed by atoms with E-state index in [1.165, 1.54) is 49.4 Å². The first-order valence-corrected chi connectivity index (χ1v) is 9.81. The molecule has 0 heterocycles. The van der Waals surface area contributed by atoms with E-state index in [4.69, 9.17) is 0 Å². The van der Waals surface area contributed by atoms with Crippen LogP contribution in [0.4, 0.5) is 11.4 Å². The van der Waals surface area contributed by atoms with Crippen molar-refractivity contribution in [3.05, 3.63) is 63.7 Å². The Balaban J connectivity index is 2.19. The average molecular weight is 391 g/mol. The minimum atomic E-state index is -3.63. The van der Waals surface area contributed by atoms with Crippen LogP contribution in [0.15, 0.2) is 47.4 Å². The second kappa shape index (κ2) is 8.28. The Kier molecular flexibility index (Phi) is 6.29. The zero-order valence-electron chi connectivity index (χ0n) is 15.2. The Labute approximate surface area is 157 Å². The molecule has 0 aliphatic rings. The number of nitro benzene ring substituents is 1. The van der Waals surface area contributed by atoms with Gasteiger partial charge in [-0.15, -0.1) is 0 Å². The molecule has 0 unspecified atom stereocenters. The van der Waals surface area contributed by atoms with Crippen molar-refractivity contribution < 1.29 is 18.1 Å². The smallest absolute Gasteiger partial charge is 0.273 e. The highest BCUT2D eigenvalue weighted by Gasteiger charge is 2.19. The lowest BCUT2D eigenvalue weighted by molar-refractivity contribution is -0.385. The van der Waals surface area contributed by atoms with Gasteiger partial charge >= 0.3 is 0 Å². The number of hydrogen-bond acceptors (Lipinski definition) is 5. The molecule has 1 amide bonds. The lowest BCUT2D eigenvalue weighted by Gasteiger charge is -2.13. The minimum absolute atomic E-state index is 0.0901. The van der Waals surface area contributed by atoms with Crippen molar-refractivity contribution in [1.29, 1.82) is 0 Å². The van der Waals surface area contributed by atoms with Crippen LogP contribution in [0.2, 0.25) is 0 Å². The SMILES string of the molecule is CC[C@@H](C)NS(=O)(=O)c1ccc(NC(=O)c2cccc([N+](=O)[O-])c2C)cc1. The summed E-state index contributed by atoms with van der Waals surface area (Å²) in [6.07, 6.45) is 0.663. The second-order valence-corrected chi connectivity index (χ2v) is 7.83. The molecule has 0 fully saturated rings. The maximum Gasteiger partial charge on any atom is 0.273 e. The van der Waals surface area contributed by atoms with Crippen LogP contribution in [-0.2, 0) is 10.0 Å². The first-order chi connectivity index (χ1) is 12.7. The van der Waals surface area contributed by atoms with Gasteiger partial charge in [-0.25, -0.2) is 13.1 Å². The molecule has 0 saturated heterocycles. The molecule has 2 aromatic carbocycles. The number of nitrogens with one attached hydrogen (secondary N) is 2. The summed E-state index contributed by atoms with van der Waals surface area (Å²) in [6, 6.07) is 9.79. The first kappa shape index (κ1) is 20.5. The Bertz CT molecular complexity index is 955. The predicted octanol–water partition coefficient (Wildman–Crippen LogP) is 3.23. The first-order valence-electron chi connectivity index (χ1n) is 8.33. The molecule has 0 radical (unpaired) electrons. The fraction of sp³-hybridized carbons (Fsp3) is 0.278. The van der Waals surface area contributed by atoms with E-state index < -0.39 is 20.9 Å². The van der Waals surface area contributed by atoms with Crippen LogP contribution in [0.1, 0.15) is 36.2 Å². The number of sulfonamides is 1. The molecule has 2 rings (SSSR count). The van der Waals surface area contributed by atoms with Crippen LogP contribution in [0.3, 0.4) is 0 Å². The molecule has 0 saturated carbocycles. The number of nitro groups is 1. The zero-order chi connectivity index (χ0) is 20.2. The van der Waals surface area contributed by atoms with E-state index in [-0.39, 0.29) is 27.8 Å². The second-order valence-electron chi connectivity index (χ2n) is 6.12. The summed E-state index contributed by atoms with van der Waals surface area (Å²) in [5.74, 6) is -0.510. The summed E-state index contributed by atoms with van der Waals surface area (Å²) in [5, 5.41) is 13.6. The quantitative estimate of drug-likeness (QED) is 0.555. The van der Waals surface area contributed by atoms with Gasteiger partial charge in [0.15, 0.2) is 0 Å². The van der Waals surface area contributed by atoms with Gasteiger partial charge < -0.3 is 5.32 Å². The highest BCUT2D eigenvalue weighted by molar-refractivity contribution is 7.89. The summed E-state index contributed by atoms with van der Waals surface area (Å²) in [5.41, 5.74) is 0.685. The van der Waals surface area contributed by atoms with Crippen LogP contribution >= 0.6 is 0 Å². The number of carbonyl (C=O) groups is 1. The van der Waals surface area contributed by atoms with Crippen molar-refractivity contribution in [3.8, 4) is 0 Å². The largest absolute Gasteiger partial charge is 0.322 e. The van der Waals surface area contributed by atoms with Gasteiger partial charge in [0.05, 0.1) is 9.82 Å². The molecule has 27 heavy (non-hydrogen) atoms. The fourth-order valence-corrected chi connectivity index (χ4v) is 3.73. The number of nitrogens with zero attached hydrogens (tertiary/aromatic N) is 1. The Morgan fingerprint density at radius 3 is 2.37 bits per heavy atom. The molecule has 0 spiro atoms. The van der Waals surface area contributed by atoms with E-state index >= 15 is 0 Å². The van der Waals surface area contributed by atoms with Gasteiger partial charge in [-0.2, -0.15) is 0 Å². The van der Waals surface area contributed by atoms with E-state index in [2.05, 4.69) is 10.0 Å². The van der Waals surface area contributed by atoms with Gasteiger partial charge in [0, 0.05) is 28.9 Å². The Morgan fingerprint density at radius 1 is 1.19 bits per heavy atom. The van der Waals surface area contributed by atoms with Gasteiger partial charge in [-0.3, -0.25) is 14.9 Å². The molecule has 0 aliphatic heterocycles. The number of carbonyl (C=O) groups excluding carboxylic acids is 1. The van der Waals surface area contributed by atoms with Gasteiger partial charge in [0.25, 0.3) is 11.6 Å².